The number of rotatable bonds is 8. The van der Waals surface area contributed by atoms with E-state index in [4.69, 9.17) is 19.9 Å². The van der Waals surface area contributed by atoms with Gasteiger partial charge in [0.2, 0.25) is 0 Å². The molecule has 102 valence electrons. The maximum atomic E-state index is 5.81. The van der Waals surface area contributed by atoms with Crippen molar-refractivity contribution in [3.8, 4) is 11.5 Å². The first-order valence-electron chi connectivity index (χ1n) is 6.32. The van der Waals surface area contributed by atoms with Crippen molar-refractivity contribution in [2.45, 2.75) is 32.9 Å². The summed E-state index contributed by atoms with van der Waals surface area (Å²) in [6.07, 6.45) is 0.969. The average molecular weight is 253 g/mol. The molecule has 18 heavy (non-hydrogen) atoms. The summed E-state index contributed by atoms with van der Waals surface area (Å²) in [6.45, 7) is 5.73. The van der Waals surface area contributed by atoms with Crippen molar-refractivity contribution < 1.29 is 14.2 Å². The second kappa shape index (κ2) is 7.95. The van der Waals surface area contributed by atoms with Crippen LogP contribution in [0.4, 0.5) is 0 Å². The van der Waals surface area contributed by atoms with E-state index in [9.17, 15) is 0 Å². The van der Waals surface area contributed by atoms with Gasteiger partial charge < -0.3 is 19.9 Å². The Morgan fingerprint density at radius 3 is 2.72 bits per heavy atom. The van der Waals surface area contributed by atoms with Gasteiger partial charge in [0.15, 0.2) is 0 Å². The summed E-state index contributed by atoms with van der Waals surface area (Å²) in [7, 11) is 1.66. The zero-order chi connectivity index (χ0) is 13.4. The lowest BCUT2D eigenvalue weighted by atomic mass is 10.2. The molecule has 0 aliphatic rings. The smallest absolute Gasteiger partial charge is 0.128 e. The minimum absolute atomic E-state index is 0.0123. The molecule has 0 radical (unpaired) electrons. The van der Waals surface area contributed by atoms with Crippen molar-refractivity contribution in [1.82, 2.24) is 0 Å². The number of hydrogen-bond acceptors (Lipinski definition) is 4. The van der Waals surface area contributed by atoms with Crippen LogP contribution in [0.3, 0.4) is 0 Å². The van der Waals surface area contributed by atoms with Crippen LogP contribution in [-0.4, -0.2) is 26.4 Å². The van der Waals surface area contributed by atoms with Crippen LogP contribution in [0, 0.1) is 0 Å². The number of nitrogens with two attached hydrogens (primary N) is 1. The minimum atomic E-state index is -0.0123. The van der Waals surface area contributed by atoms with Crippen LogP contribution in [0.2, 0.25) is 0 Å². The van der Waals surface area contributed by atoms with Gasteiger partial charge in [-0.25, -0.2) is 0 Å². The van der Waals surface area contributed by atoms with Gasteiger partial charge in [-0.3, -0.25) is 0 Å². The van der Waals surface area contributed by atoms with E-state index < -0.39 is 0 Å². The van der Waals surface area contributed by atoms with Crippen molar-refractivity contribution in [3.05, 3.63) is 23.8 Å². The molecule has 0 fully saturated rings. The Kier molecular flexibility index (Phi) is 6.54. The highest BCUT2D eigenvalue weighted by Crippen LogP contribution is 2.25. The Morgan fingerprint density at radius 1 is 1.33 bits per heavy atom. The highest BCUT2D eigenvalue weighted by atomic mass is 16.5. The van der Waals surface area contributed by atoms with Gasteiger partial charge >= 0.3 is 0 Å². The third-order valence-electron chi connectivity index (χ3n) is 2.46. The largest absolute Gasteiger partial charge is 0.493 e. The van der Waals surface area contributed by atoms with Gasteiger partial charge in [0, 0.05) is 25.3 Å². The molecule has 0 aromatic heterocycles. The first-order valence-corrected chi connectivity index (χ1v) is 6.32. The molecule has 0 amide bonds. The number of ether oxygens (including phenoxy) is 3. The van der Waals surface area contributed by atoms with Crippen LogP contribution in [0.5, 0.6) is 11.5 Å². The van der Waals surface area contributed by atoms with E-state index >= 15 is 0 Å². The van der Waals surface area contributed by atoms with Crippen LogP contribution < -0.4 is 15.2 Å². The molecule has 0 bridgehead atoms. The molecule has 0 saturated heterocycles. The summed E-state index contributed by atoms with van der Waals surface area (Å²) in [5.74, 6) is 1.59. The fourth-order valence-corrected chi connectivity index (χ4v) is 1.61. The summed E-state index contributed by atoms with van der Waals surface area (Å²) in [5.41, 5.74) is 6.67. The van der Waals surface area contributed by atoms with Gasteiger partial charge in [0.05, 0.1) is 13.2 Å². The van der Waals surface area contributed by atoms with Gasteiger partial charge in [-0.05, 0) is 19.4 Å². The molecule has 1 unspecified atom stereocenters. The molecular weight excluding hydrogens is 230 g/mol. The molecule has 0 saturated carbocycles. The van der Waals surface area contributed by atoms with Gasteiger partial charge in [0.1, 0.15) is 17.6 Å². The third-order valence-corrected chi connectivity index (χ3v) is 2.46. The third kappa shape index (κ3) is 4.55. The van der Waals surface area contributed by atoms with E-state index in [1.165, 1.54) is 0 Å². The minimum Gasteiger partial charge on any atom is -0.493 e. The highest BCUT2D eigenvalue weighted by Gasteiger charge is 2.09. The van der Waals surface area contributed by atoms with Crippen molar-refractivity contribution in [3.63, 3.8) is 0 Å². The standard InChI is InChI=1S/C14H23NO3/c1-4-7-17-13-6-5-12(9-15)14(8-13)18-11(2)10-16-3/h5-6,8,11H,4,7,9-10,15H2,1-3H3. The first kappa shape index (κ1) is 14.8. The molecule has 4 nitrogen and oxygen atoms in total. The Labute approximate surface area is 109 Å². The fourth-order valence-electron chi connectivity index (χ4n) is 1.61. The molecule has 0 aliphatic heterocycles. The first-order chi connectivity index (χ1) is 8.71. The second-order valence-corrected chi connectivity index (χ2v) is 4.21. The summed E-state index contributed by atoms with van der Waals surface area (Å²) < 4.78 is 16.5. The molecule has 4 heteroatoms. The topological polar surface area (TPSA) is 53.7 Å². The van der Waals surface area contributed by atoms with E-state index in [0.29, 0.717) is 19.8 Å². The Balaban J connectivity index is 2.77. The Hall–Kier alpha value is -1.26. The molecule has 1 atom stereocenters. The average Bonchev–Trinajstić information content (AvgIpc) is 2.37. The van der Waals surface area contributed by atoms with Crippen LogP contribution in [-0.2, 0) is 11.3 Å². The van der Waals surface area contributed by atoms with Gasteiger partial charge in [-0.1, -0.05) is 13.0 Å². The lowest BCUT2D eigenvalue weighted by Crippen LogP contribution is -2.19. The van der Waals surface area contributed by atoms with E-state index in [0.717, 1.165) is 23.5 Å². The summed E-state index contributed by atoms with van der Waals surface area (Å²) in [4.78, 5) is 0. The lowest BCUT2D eigenvalue weighted by Gasteiger charge is -2.17. The van der Waals surface area contributed by atoms with Crippen LogP contribution in [0.25, 0.3) is 0 Å². The molecule has 2 N–H and O–H groups in total. The van der Waals surface area contributed by atoms with Crippen molar-refractivity contribution >= 4 is 0 Å². The second-order valence-electron chi connectivity index (χ2n) is 4.21. The van der Waals surface area contributed by atoms with E-state index in [2.05, 4.69) is 6.92 Å². The van der Waals surface area contributed by atoms with Crippen molar-refractivity contribution in [1.29, 1.82) is 0 Å². The Morgan fingerprint density at radius 2 is 2.11 bits per heavy atom. The molecule has 0 spiro atoms. The molecular formula is C14H23NO3. The molecule has 0 aliphatic carbocycles. The molecule has 1 aromatic carbocycles. The van der Waals surface area contributed by atoms with Gasteiger partial charge in [-0.2, -0.15) is 0 Å². The van der Waals surface area contributed by atoms with Crippen LogP contribution >= 0.6 is 0 Å². The predicted octanol–water partition coefficient (Wildman–Crippen LogP) is 2.35. The maximum absolute atomic E-state index is 5.81. The SMILES string of the molecule is CCCOc1ccc(CN)c(OC(C)COC)c1. The monoisotopic (exact) mass is 253 g/mol. The highest BCUT2D eigenvalue weighted by molar-refractivity contribution is 5.40. The summed E-state index contributed by atoms with van der Waals surface area (Å²) in [6, 6.07) is 5.76. The summed E-state index contributed by atoms with van der Waals surface area (Å²) >= 11 is 0. The van der Waals surface area contributed by atoms with Crippen LogP contribution in [0.15, 0.2) is 18.2 Å². The predicted molar refractivity (Wildman–Crippen MR) is 72.1 cm³/mol. The zero-order valence-corrected chi connectivity index (χ0v) is 11.4. The van der Waals surface area contributed by atoms with Gasteiger partial charge in [0.25, 0.3) is 0 Å². The van der Waals surface area contributed by atoms with E-state index in [-0.39, 0.29) is 6.10 Å². The zero-order valence-electron chi connectivity index (χ0n) is 11.4. The van der Waals surface area contributed by atoms with Crippen LogP contribution in [0.1, 0.15) is 25.8 Å². The molecule has 1 aromatic rings. The van der Waals surface area contributed by atoms with Crippen molar-refractivity contribution in [2.24, 2.45) is 5.73 Å². The number of methoxy groups -OCH3 is 1. The Bertz CT molecular complexity index is 355. The van der Waals surface area contributed by atoms with Gasteiger partial charge in [-0.15, -0.1) is 0 Å². The van der Waals surface area contributed by atoms with E-state index in [1.807, 2.05) is 25.1 Å². The number of benzene rings is 1. The summed E-state index contributed by atoms with van der Waals surface area (Å²) in [5, 5.41) is 0. The maximum Gasteiger partial charge on any atom is 0.128 e. The fraction of sp³-hybridized carbons (Fsp3) is 0.571. The molecule has 0 heterocycles. The molecule has 1 rings (SSSR count). The quantitative estimate of drug-likeness (QED) is 0.772. The van der Waals surface area contributed by atoms with Crippen molar-refractivity contribution in [2.75, 3.05) is 20.3 Å². The number of hydrogen-bond donors (Lipinski definition) is 1. The van der Waals surface area contributed by atoms with E-state index in [1.54, 1.807) is 7.11 Å². The lowest BCUT2D eigenvalue weighted by molar-refractivity contribution is 0.0912. The normalized spacial score (nSPS) is 12.2.